The van der Waals surface area contributed by atoms with Crippen LogP contribution >= 0.6 is 0 Å². The summed E-state index contributed by atoms with van der Waals surface area (Å²) in [5, 5.41) is 12.1. The number of anilines is 2. The van der Waals surface area contributed by atoms with Crippen LogP contribution in [-0.2, 0) is 0 Å². The Labute approximate surface area is 103 Å². The number of nitrogen functional groups attached to an aromatic ring is 1. The number of hydrogen-bond donors (Lipinski definition) is 4. The van der Waals surface area contributed by atoms with Gasteiger partial charge in [0.05, 0.1) is 6.10 Å². The summed E-state index contributed by atoms with van der Waals surface area (Å²) in [4.78, 5) is 16.2. The van der Waals surface area contributed by atoms with E-state index in [0.717, 1.165) is 0 Å². The molecule has 0 aromatic carbocycles. The number of aliphatic hydroxyl groups is 1. The van der Waals surface area contributed by atoms with E-state index in [9.17, 15) is 5.11 Å². The van der Waals surface area contributed by atoms with Crippen molar-refractivity contribution in [3.63, 3.8) is 0 Å². The van der Waals surface area contributed by atoms with E-state index in [1.165, 1.54) is 0 Å². The molecule has 0 aliphatic heterocycles. The third-order valence-corrected chi connectivity index (χ3v) is 2.04. The van der Waals surface area contributed by atoms with E-state index in [1.807, 2.05) is 0 Å². The number of nitrogens with zero attached hydrogens (tertiary/aromatic N) is 5. The maximum atomic E-state index is 9.20. The summed E-state index contributed by atoms with van der Waals surface area (Å²) >= 11 is 0. The molecule has 9 heteroatoms. The van der Waals surface area contributed by atoms with Gasteiger partial charge >= 0.3 is 0 Å². The Hall–Kier alpha value is -2.26. The second kappa shape index (κ2) is 5.38. The second-order valence-electron chi connectivity index (χ2n) is 3.63. The first-order chi connectivity index (χ1) is 8.69. The van der Waals surface area contributed by atoms with Crippen molar-refractivity contribution in [3.8, 4) is 5.95 Å². The van der Waals surface area contributed by atoms with Crippen molar-refractivity contribution in [1.82, 2.24) is 24.5 Å². The van der Waals surface area contributed by atoms with Crippen LogP contribution in [0.1, 0.15) is 6.92 Å². The van der Waals surface area contributed by atoms with Crippen molar-refractivity contribution in [2.24, 2.45) is 5.84 Å². The summed E-state index contributed by atoms with van der Waals surface area (Å²) in [7, 11) is 0. The van der Waals surface area contributed by atoms with Crippen molar-refractivity contribution >= 4 is 11.9 Å². The number of aromatic nitrogens is 5. The molecule has 0 aliphatic rings. The summed E-state index contributed by atoms with van der Waals surface area (Å²) in [5.74, 6) is 6.22. The maximum Gasteiger partial charge on any atom is 0.243 e. The van der Waals surface area contributed by atoms with Crippen molar-refractivity contribution < 1.29 is 5.11 Å². The predicted molar refractivity (Wildman–Crippen MR) is 64.9 cm³/mol. The highest BCUT2D eigenvalue weighted by Crippen LogP contribution is 2.08. The molecule has 2 heterocycles. The monoisotopic (exact) mass is 250 g/mol. The molecular weight excluding hydrogens is 236 g/mol. The van der Waals surface area contributed by atoms with Gasteiger partial charge in [-0.25, -0.2) is 10.8 Å². The Morgan fingerprint density at radius 2 is 2.17 bits per heavy atom. The molecule has 0 saturated heterocycles. The molecule has 2 aromatic rings. The molecule has 2 aromatic heterocycles. The van der Waals surface area contributed by atoms with Gasteiger partial charge in [-0.15, -0.1) is 0 Å². The lowest BCUT2D eigenvalue weighted by Gasteiger charge is -2.09. The van der Waals surface area contributed by atoms with Crippen LogP contribution in [0.4, 0.5) is 11.9 Å². The average Bonchev–Trinajstić information content (AvgIpc) is 2.89. The van der Waals surface area contributed by atoms with Crippen LogP contribution in [0.25, 0.3) is 5.95 Å². The number of hydrogen-bond acceptors (Lipinski definition) is 8. The van der Waals surface area contributed by atoms with E-state index in [-0.39, 0.29) is 5.95 Å². The van der Waals surface area contributed by atoms with Crippen LogP contribution in [0, 0.1) is 0 Å². The van der Waals surface area contributed by atoms with E-state index < -0.39 is 6.10 Å². The molecule has 0 fully saturated rings. The molecule has 2 rings (SSSR count). The van der Waals surface area contributed by atoms with Crippen molar-refractivity contribution in [2.45, 2.75) is 13.0 Å². The third kappa shape index (κ3) is 2.90. The normalized spacial score (nSPS) is 12.2. The molecular formula is C9H14N8O. The third-order valence-electron chi connectivity index (χ3n) is 2.04. The first-order valence-corrected chi connectivity index (χ1v) is 5.32. The first kappa shape index (κ1) is 12.2. The molecule has 0 bridgehead atoms. The van der Waals surface area contributed by atoms with Crippen LogP contribution in [-0.4, -0.2) is 42.3 Å². The van der Waals surface area contributed by atoms with Crippen molar-refractivity contribution in [3.05, 3.63) is 18.7 Å². The molecule has 1 unspecified atom stereocenters. The van der Waals surface area contributed by atoms with Gasteiger partial charge in [-0.3, -0.25) is 9.99 Å². The predicted octanol–water partition coefficient (Wildman–Crippen LogP) is -0.864. The van der Waals surface area contributed by atoms with Gasteiger partial charge in [-0.05, 0) is 6.92 Å². The van der Waals surface area contributed by atoms with Crippen LogP contribution in [0.3, 0.4) is 0 Å². The van der Waals surface area contributed by atoms with Crippen molar-refractivity contribution in [2.75, 3.05) is 17.3 Å². The molecule has 96 valence electrons. The molecule has 9 nitrogen and oxygen atoms in total. The molecule has 0 aliphatic carbocycles. The molecule has 1 atom stereocenters. The number of hydrazine groups is 1. The zero-order chi connectivity index (χ0) is 13.0. The fourth-order valence-electron chi connectivity index (χ4n) is 1.24. The number of aliphatic hydroxyl groups excluding tert-OH is 1. The molecule has 5 N–H and O–H groups in total. The van der Waals surface area contributed by atoms with Crippen LogP contribution in [0.5, 0.6) is 0 Å². The van der Waals surface area contributed by atoms with E-state index >= 15 is 0 Å². The highest BCUT2D eigenvalue weighted by Gasteiger charge is 2.07. The van der Waals surface area contributed by atoms with Gasteiger partial charge in [0.1, 0.15) is 6.33 Å². The van der Waals surface area contributed by atoms with Gasteiger partial charge in [0, 0.05) is 18.9 Å². The molecule has 0 spiro atoms. The SMILES string of the molecule is CC(O)CNc1nc(NN)nc(-n2ccnc2)n1. The van der Waals surface area contributed by atoms with Gasteiger partial charge in [0.25, 0.3) is 0 Å². The zero-order valence-electron chi connectivity index (χ0n) is 9.78. The minimum absolute atomic E-state index is 0.224. The quantitative estimate of drug-likeness (QED) is 0.398. The molecule has 0 radical (unpaired) electrons. The fourth-order valence-corrected chi connectivity index (χ4v) is 1.24. The van der Waals surface area contributed by atoms with Gasteiger partial charge in [0.15, 0.2) is 0 Å². The Morgan fingerprint density at radius 1 is 1.39 bits per heavy atom. The lowest BCUT2D eigenvalue weighted by molar-refractivity contribution is 0.208. The zero-order valence-corrected chi connectivity index (χ0v) is 9.78. The van der Waals surface area contributed by atoms with Crippen molar-refractivity contribution in [1.29, 1.82) is 0 Å². The number of imidazole rings is 1. The molecule has 18 heavy (non-hydrogen) atoms. The van der Waals surface area contributed by atoms with E-state index in [2.05, 4.69) is 30.7 Å². The summed E-state index contributed by atoms with van der Waals surface area (Å²) in [5.41, 5.74) is 2.36. The number of nitrogens with two attached hydrogens (primary N) is 1. The fraction of sp³-hybridized carbons (Fsp3) is 0.333. The van der Waals surface area contributed by atoms with Gasteiger partial charge < -0.3 is 10.4 Å². The summed E-state index contributed by atoms with van der Waals surface area (Å²) in [6.07, 6.45) is 4.37. The Morgan fingerprint density at radius 3 is 2.78 bits per heavy atom. The molecule has 0 saturated carbocycles. The first-order valence-electron chi connectivity index (χ1n) is 5.32. The Balaban J connectivity index is 2.27. The maximum absolute atomic E-state index is 9.20. The van der Waals surface area contributed by atoms with Gasteiger partial charge in [-0.2, -0.15) is 15.0 Å². The highest BCUT2D eigenvalue weighted by molar-refractivity contribution is 5.37. The van der Waals surface area contributed by atoms with Crippen LogP contribution in [0.15, 0.2) is 18.7 Å². The standard InChI is InChI=1S/C9H14N8O/c1-6(18)4-12-7-13-8(16-10)15-9(14-7)17-3-2-11-5-17/h2-3,5-6,18H,4,10H2,1H3,(H2,12,13,14,15,16). The van der Waals surface area contributed by atoms with Crippen LogP contribution < -0.4 is 16.6 Å². The Kier molecular flexibility index (Phi) is 3.65. The van der Waals surface area contributed by atoms with Crippen LogP contribution in [0.2, 0.25) is 0 Å². The number of nitrogens with one attached hydrogen (secondary N) is 2. The minimum Gasteiger partial charge on any atom is -0.392 e. The topological polar surface area (TPSA) is 127 Å². The smallest absolute Gasteiger partial charge is 0.243 e. The summed E-state index contributed by atoms with van der Waals surface area (Å²) in [6.45, 7) is 1.99. The second-order valence-corrected chi connectivity index (χ2v) is 3.63. The lowest BCUT2D eigenvalue weighted by Crippen LogP contribution is -2.19. The largest absolute Gasteiger partial charge is 0.392 e. The number of rotatable bonds is 5. The average molecular weight is 250 g/mol. The highest BCUT2D eigenvalue weighted by atomic mass is 16.3. The van der Waals surface area contributed by atoms with Gasteiger partial charge in [0.2, 0.25) is 17.8 Å². The summed E-state index contributed by atoms with van der Waals surface area (Å²) in [6, 6.07) is 0. The lowest BCUT2D eigenvalue weighted by atomic mass is 10.4. The van der Waals surface area contributed by atoms with E-state index in [1.54, 1.807) is 30.2 Å². The minimum atomic E-state index is -0.507. The molecule has 0 amide bonds. The van der Waals surface area contributed by atoms with E-state index in [4.69, 9.17) is 5.84 Å². The summed E-state index contributed by atoms with van der Waals surface area (Å²) < 4.78 is 1.62. The van der Waals surface area contributed by atoms with E-state index in [0.29, 0.717) is 18.4 Å². The van der Waals surface area contributed by atoms with Gasteiger partial charge in [-0.1, -0.05) is 0 Å². The Bertz CT molecular complexity index is 497.